The zero-order chi connectivity index (χ0) is 14.8. The van der Waals surface area contributed by atoms with Gasteiger partial charge in [-0.2, -0.15) is 5.10 Å². The summed E-state index contributed by atoms with van der Waals surface area (Å²) >= 11 is 1.55. The molecule has 3 rings (SSSR count). The van der Waals surface area contributed by atoms with Gasteiger partial charge >= 0.3 is 0 Å². The maximum absolute atomic E-state index is 12.5. The van der Waals surface area contributed by atoms with Gasteiger partial charge in [0.15, 0.2) is 0 Å². The molecule has 0 aliphatic carbocycles. The van der Waals surface area contributed by atoms with Crippen molar-refractivity contribution in [2.75, 3.05) is 13.1 Å². The van der Waals surface area contributed by atoms with Crippen LogP contribution < -0.4 is 0 Å². The lowest BCUT2D eigenvalue weighted by Gasteiger charge is -2.32. The average Bonchev–Trinajstić information content (AvgIpc) is 3.08. The number of aryl methyl sites for hydroxylation is 2. The first kappa shape index (κ1) is 14.3. The van der Waals surface area contributed by atoms with E-state index in [-0.39, 0.29) is 5.91 Å². The van der Waals surface area contributed by atoms with Gasteiger partial charge in [-0.15, -0.1) is 11.3 Å². The quantitative estimate of drug-likeness (QED) is 0.946. The number of hydrogen-bond acceptors (Lipinski definition) is 3. The van der Waals surface area contributed by atoms with Crippen molar-refractivity contribution >= 4 is 17.2 Å². The second kappa shape index (κ2) is 6.02. The summed E-state index contributed by atoms with van der Waals surface area (Å²) in [6.45, 7) is 5.86. The minimum atomic E-state index is 0.194. The number of hydrogen-bond donors (Lipinski definition) is 1. The average molecular weight is 303 g/mol. The molecule has 0 aromatic carbocycles. The summed E-state index contributed by atoms with van der Waals surface area (Å²) in [4.78, 5) is 15.4. The Hall–Kier alpha value is -1.62. The monoisotopic (exact) mass is 303 g/mol. The smallest absolute Gasteiger partial charge is 0.263 e. The van der Waals surface area contributed by atoms with Gasteiger partial charge in [0.2, 0.25) is 0 Å². The Balaban J connectivity index is 1.65. The standard InChI is InChI=1S/C16H21N3OS/c1-11-6-15(21-10-11)16(20)19-5-3-4-13(9-19)7-14-12(2)8-17-18-14/h6,8,10,13H,3-5,7,9H2,1-2H3,(H,17,18)/t13-/m0/s1. The van der Waals surface area contributed by atoms with Crippen LogP contribution in [0.25, 0.3) is 0 Å². The first-order valence-corrected chi connectivity index (χ1v) is 8.34. The van der Waals surface area contributed by atoms with E-state index in [1.807, 2.05) is 29.5 Å². The SMILES string of the molecule is Cc1csc(C(=O)N2CCC[C@@H](Cc3[nH]ncc3C)C2)c1. The molecule has 3 heterocycles. The number of H-pyrrole nitrogens is 1. The Labute approximate surface area is 129 Å². The van der Waals surface area contributed by atoms with E-state index >= 15 is 0 Å². The van der Waals surface area contributed by atoms with Crippen LogP contribution in [0, 0.1) is 19.8 Å². The first-order valence-electron chi connectivity index (χ1n) is 7.46. The number of likely N-dealkylation sites (tertiary alicyclic amines) is 1. The molecule has 0 spiro atoms. The number of carbonyl (C=O) groups excluding carboxylic acids is 1. The second-order valence-electron chi connectivity index (χ2n) is 5.98. The molecule has 1 saturated heterocycles. The summed E-state index contributed by atoms with van der Waals surface area (Å²) in [7, 11) is 0. The topological polar surface area (TPSA) is 49.0 Å². The highest BCUT2D eigenvalue weighted by Gasteiger charge is 2.25. The number of amides is 1. The zero-order valence-electron chi connectivity index (χ0n) is 12.6. The number of nitrogens with zero attached hydrogens (tertiary/aromatic N) is 2. The van der Waals surface area contributed by atoms with Crippen molar-refractivity contribution in [2.24, 2.45) is 5.92 Å². The lowest BCUT2D eigenvalue weighted by molar-refractivity contribution is 0.0677. The zero-order valence-corrected chi connectivity index (χ0v) is 13.4. The third kappa shape index (κ3) is 3.18. The predicted molar refractivity (Wildman–Crippen MR) is 84.7 cm³/mol. The van der Waals surface area contributed by atoms with Crippen molar-refractivity contribution in [3.63, 3.8) is 0 Å². The van der Waals surface area contributed by atoms with Crippen LogP contribution in [0.3, 0.4) is 0 Å². The highest BCUT2D eigenvalue weighted by atomic mass is 32.1. The fourth-order valence-corrected chi connectivity index (χ4v) is 3.85. The molecule has 0 radical (unpaired) electrons. The van der Waals surface area contributed by atoms with E-state index in [1.54, 1.807) is 11.3 Å². The normalized spacial score (nSPS) is 19.0. The molecule has 1 atom stereocenters. The van der Waals surface area contributed by atoms with Crippen molar-refractivity contribution in [1.29, 1.82) is 0 Å². The third-order valence-corrected chi connectivity index (χ3v) is 5.21. The van der Waals surface area contributed by atoms with Crippen molar-refractivity contribution < 1.29 is 4.79 Å². The van der Waals surface area contributed by atoms with Gasteiger partial charge in [-0.1, -0.05) is 0 Å². The summed E-state index contributed by atoms with van der Waals surface area (Å²) in [6.07, 6.45) is 5.13. The Morgan fingerprint density at radius 1 is 1.52 bits per heavy atom. The van der Waals surface area contributed by atoms with Gasteiger partial charge < -0.3 is 4.90 Å². The number of aromatic nitrogens is 2. The second-order valence-corrected chi connectivity index (χ2v) is 6.89. The number of rotatable bonds is 3. The Morgan fingerprint density at radius 3 is 3.05 bits per heavy atom. The van der Waals surface area contributed by atoms with E-state index in [9.17, 15) is 4.79 Å². The number of piperidine rings is 1. The van der Waals surface area contributed by atoms with Crippen molar-refractivity contribution in [3.05, 3.63) is 39.3 Å². The maximum Gasteiger partial charge on any atom is 0.263 e. The highest BCUT2D eigenvalue weighted by molar-refractivity contribution is 7.12. The van der Waals surface area contributed by atoms with E-state index < -0.39 is 0 Å². The van der Waals surface area contributed by atoms with E-state index in [1.165, 1.54) is 23.2 Å². The molecule has 4 nitrogen and oxygen atoms in total. The van der Waals surface area contributed by atoms with Gasteiger partial charge in [0.1, 0.15) is 0 Å². The molecular formula is C16H21N3OS. The van der Waals surface area contributed by atoms with Crippen molar-refractivity contribution in [2.45, 2.75) is 33.1 Å². The highest BCUT2D eigenvalue weighted by Crippen LogP contribution is 2.24. The first-order chi connectivity index (χ1) is 10.1. The number of aromatic amines is 1. The van der Waals surface area contributed by atoms with E-state index in [0.717, 1.165) is 30.8 Å². The summed E-state index contributed by atoms with van der Waals surface area (Å²) in [6, 6.07) is 2.00. The van der Waals surface area contributed by atoms with Gasteiger partial charge in [0, 0.05) is 18.8 Å². The molecule has 2 aromatic rings. The largest absolute Gasteiger partial charge is 0.338 e. The maximum atomic E-state index is 12.5. The van der Waals surface area contributed by atoms with Crippen LogP contribution in [0.5, 0.6) is 0 Å². The Kier molecular flexibility index (Phi) is 4.10. The molecule has 1 aliphatic rings. The molecule has 1 fully saturated rings. The lowest BCUT2D eigenvalue weighted by Crippen LogP contribution is -2.40. The molecule has 0 unspecified atom stereocenters. The number of thiophene rings is 1. The van der Waals surface area contributed by atoms with Crippen LogP contribution >= 0.6 is 11.3 Å². The molecule has 2 aromatic heterocycles. The van der Waals surface area contributed by atoms with Gasteiger partial charge in [0.05, 0.1) is 11.1 Å². The fourth-order valence-electron chi connectivity index (χ4n) is 2.98. The van der Waals surface area contributed by atoms with Gasteiger partial charge in [-0.25, -0.2) is 0 Å². The number of nitrogens with one attached hydrogen (secondary N) is 1. The molecule has 21 heavy (non-hydrogen) atoms. The van der Waals surface area contributed by atoms with Gasteiger partial charge in [0.25, 0.3) is 5.91 Å². The minimum absolute atomic E-state index is 0.194. The van der Waals surface area contributed by atoms with Crippen LogP contribution in [-0.4, -0.2) is 34.1 Å². The van der Waals surface area contributed by atoms with Crippen LogP contribution in [0.2, 0.25) is 0 Å². The van der Waals surface area contributed by atoms with Crippen LogP contribution in [0.4, 0.5) is 0 Å². The summed E-state index contributed by atoms with van der Waals surface area (Å²) < 4.78 is 0. The molecule has 1 amide bonds. The van der Waals surface area contributed by atoms with E-state index in [0.29, 0.717) is 5.92 Å². The Morgan fingerprint density at radius 2 is 2.38 bits per heavy atom. The summed E-state index contributed by atoms with van der Waals surface area (Å²) in [5.74, 6) is 0.724. The van der Waals surface area contributed by atoms with Gasteiger partial charge in [-0.05, 0) is 61.6 Å². The van der Waals surface area contributed by atoms with Crippen LogP contribution in [-0.2, 0) is 6.42 Å². The van der Waals surface area contributed by atoms with E-state index in [4.69, 9.17) is 0 Å². The molecule has 1 aliphatic heterocycles. The van der Waals surface area contributed by atoms with Crippen LogP contribution in [0.1, 0.15) is 39.3 Å². The molecule has 0 bridgehead atoms. The number of carbonyl (C=O) groups is 1. The minimum Gasteiger partial charge on any atom is -0.338 e. The summed E-state index contributed by atoms with van der Waals surface area (Å²) in [5, 5.41) is 9.21. The third-order valence-electron chi connectivity index (χ3n) is 4.17. The van der Waals surface area contributed by atoms with Crippen molar-refractivity contribution in [1.82, 2.24) is 15.1 Å². The van der Waals surface area contributed by atoms with E-state index in [2.05, 4.69) is 17.1 Å². The lowest BCUT2D eigenvalue weighted by atomic mass is 9.92. The molecular weight excluding hydrogens is 282 g/mol. The molecule has 5 heteroatoms. The van der Waals surface area contributed by atoms with Crippen LogP contribution in [0.15, 0.2) is 17.6 Å². The molecule has 112 valence electrons. The van der Waals surface area contributed by atoms with Crippen molar-refractivity contribution in [3.8, 4) is 0 Å². The predicted octanol–water partition coefficient (Wildman–Crippen LogP) is 3.18. The molecule has 1 N–H and O–H groups in total. The summed E-state index contributed by atoms with van der Waals surface area (Å²) in [5.41, 5.74) is 3.60. The Bertz CT molecular complexity index is 631. The molecule has 0 saturated carbocycles. The fraction of sp³-hybridized carbons (Fsp3) is 0.500. The van der Waals surface area contributed by atoms with Gasteiger partial charge in [-0.3, -0.25) is 9.89 Å².